The van der Waals surface area contributed by atoms with Crippen molar-refractivity contribution in [2.75, 3.05) is 0 Å². The van der Waals surface area contributed by atoms with Crippen LogP contribution in [0.15, 0.2) is 18.2 Å². The number of nitro benzene ring substituents is 1. The van der Waals surface area contributed by atoms with Gasteiger partial charge in [-0.05, 0) is 18.9 Å². The van der Waals surface area contributed by atoms with Crippen molar-refractivity contribution in [2.45, 2.75) is 44.3 Å². The molecule has 1 aromatic rings. The Labute approximate surface area is 115 Å². The zero-order valence-corrected chi connectivity index (χ0v) is 10.9. The van der Waals surface area contributed by atoms with Crippen LogP contribution >= 0.6 is 0 Å². The predicted molar refractivity (Wildman–Crippen MR) is 69.0 cm³/mol. The van der Waals surface area contributed by atoms with Gasteiger partial charge in [-0.25, -0.2) is 0 Å². The van der Waals surface area contributed by atoms with E-state index in [0.29, 0.717) is 6.42 Å². The SMILES string of the molecule is O=[N+]([O-])c1ccc(OC2CC(O)C23CCCC3)cc1F. The van der Waals surface area contributed by atoms with Gasteiger partial charge in [-0.1, -0.05) is 12.8 Å². The molecule has 6 heteroatoms. The van der Waals surface area contributed by atoms with Gasteiger partial charge in [0.25, 0.3) is 0 Å². The molecule has 0 heterocycles. The van der Waals surface area contributed by atoms with Crippen LogP contribution in [-0.2, 0) is 0 Å². The van der Waals surface area contributed by atoms with Gasteiger partial charge in [0.05, 0.1) is 11.0 Å². The number of aliphatic hydroxyl groups excluding tert-OH is 1. The second kappa shape index (κ2) is 4.70. The lowest BCUT2D eigenvalue weighted by atomic mass is 9.62. The third kappa shape index (κ3) is 1.95. The Morgan fingerprint density at radius 1 is 1.40 bits per heavy atom. The molecule has 2 atom stereocenters. The van der Waals surface area contributed by atoms with E-state index in [2.05, 4.69) is 0 Å². The Morgan fingerprint density at radius 2 is 2.10 bits per heavy atom. The number of halogens is 1. The van der Waals surface area contributed by atoms with Gasteiger partial charge < -0.3 is 9.84 Å². The Balaban J connectivity index is 1.76. The molecule has 20 heavy (non-hydrogen) atoms. The van der Waals surface area contributed by atoms with Gasteiger partial charge >= 0.3 is 5.69 Å². The van der Waals surface area contributed by atoms with Gasteiger partial charge in [0.15, 0.2) is 0 Å². The molecule has 3 rings (SSSR count). The van der Waals surface area contributed by atoms with Crippen LogP contribution in [0.5, 0.6) is 5.75 Å². The number of hydrogen-bond acceptors (Lipinski definition) is 4. The zero-order valence-electron chi connectivity index (χ0n) is 10.9. The zero-order chi connectivity index (χ0) is 14.3. The molecule has 0 amide bonds. The molecule has 0 aromatic heterocycles. The van der Waals surface area contributed by atoms with Crippen molar-refractivity contribution in [1.82, 2.24) is 0 Å². The highest BCUT2D eigenvalue weighted by atomic mass is 19.1. The van der Waals surface area contributed by atoms with Crippen molar-refractivity contribution in [1.29, 1.82) is 0 Å². The monoisotopic (exact) mass is 281 g/mol. The summed E-state index contributed by atoms with van der Waals surface area (Å²) in [6.07, 6.45) is 4.07. The molecule has 0 bridgehead atoms. The maximum atomic E-state index is 13.5. The molecular formula is C14H16FNO4. The molecule has 1 spiro atoms. The lowest BCUT2D eigenvalue weighted by Crippen LogP contribution is -2.58. The summed E-state index contributed by atoms with van der Waals surface area (Å²) in [4.78, 5) is 9.80. The number of ether oxygens (including phenoxy) is 1. The van der Waals surface area contributed by atoms with Crippen LogP contribution in [0.3, 0.4) is 0 Å². The molecule has 1 N–H and O–H groups in total. The molecule has 0 radical (unpaired) electrons. The maximum Gasteiger partial charge on any atom is 0.305 e. The van der Waals surface area contributed by atoms with Crippen LogP contribution in [0.4, 0.5) is 10.1 Å². The lowest BCUT2D eigenvalue weighted by molar-refractivity contribution is -0.387. The van der Waals surface area contributed by atoms with E-state index in [-0.39, 0.29) is 23.4 Å². The van der Waals surface area contributed by atoms with Gasteiger partial charge in [0, 0.05) is 24.0 Å². The average Bonchev–Trinajstić information content (AvgIpc) is 2.90. The minimum Gasteiger partial charge on any atom is -0.490 e. The fourth-order valence-corrected chi connectivity index (χ4v) is 3.45. The van der Waals surface area contributed by atoms with E-state index in [1.54, 1.807) is 0 Å². The van der Waals surface area contributed by atoms with Crippen molar-refractivity contribution < 1.29 is 19.2 Å². The predicted octanol–water partition coefficient (Wildman–Crippen LogP) is 2.81. The Bertz CT molecular complexity index is 542. The van der Waals surface area contributed by atoms with Crippen LogP contribution < -0.4 is 4.74 Å². The summed E-state index contributed by atoms with van der Waals surface area (Å²) in [5, 5.41) is 20.5. The third-order valence-electron chi connectivity index (χ3n) is 4.67. The van der Waals surface area contributed by atoms with Crippen molar-refractivity contribution in [3.63, 3.8) is 0 Å². The fraction of sp³-hybridized carbons (Fsp3) is 0.571. The topological polar surface area (TPSA) is 72.6 Å². The number of aliphatic hydroxyl groups is 1. The Morgan fingerprint density at radius 3 is 2.65 bits per heavy atom. The van der Waals surface area contributed by atoms with E-state index in [1.807, 2.05) is 0 Å². The highest BCUT2D eigenvalue weighted by Crippen LogP contribution is 2.54. The second-order valence-corrected chi connectivity index (χ2v) is 5.67. The first-order chi connectivity index (χ1) is 9.53. The van der Waals surface area contributed by atoms with Gasteiger partial charge in [0.2, 0.25) is 5.82 Å². The molecule has 1 aromatic carbocycles. The maximum absolute atomic E-state index is 13.5. The van der Waals surface area contributed by atoms with Crippen LogP contribution in [-0.4, -0.2) is 22.2 Å². The molecule has 2 fully saturated rings. The van der Waals surface area contributed by atoms with Gasteiger partial charge in [-0.2, -0.15) is 4.39 Å². The Kier molecular flexibility index (Phi) is 3.12. The molecular weight excluding hydrogens is 265 g/mol. The van der Waals surface area contributed by atoms with Gasteiger partial charge in [-0.15, -0.1) is 0 Å². The summed E-state index contributed by atoms with van der Waals surface area (Å²) in [5.41, 5.74) is -0.750. The van der Waals surface area contributed by atoms with E-state index >= 15 is 0 Å². The largest absolute Gasteiger partial charge is 0.490 e. The summed E-state index contributed by atoms with van der Waals surface area (Å²) < 4.78 is 19.3. The van der Waals surface area contributed by atoms with Gasteiger partial charge in [-0.3, -0.25) is 10.1 Å². The number of benzene rings is 1. The average molecular weight is 281 g/mol. The number of hydrogen-bond donors (Lipinski definition) is 1. The quantitative estimate of drug-likeness (QED) is 0.683. The van der Waals surface area contributed by atoms with Crippen LogP contribution in [0.1, 0.15) is 32.1 Å². The van der Waals surface area contributed by atoms with E-state index < -0.39 is 16.4 Å². The first-order valence-corrected chi connectivity index (χ1v) is 6.81. The minimum absolute atomic E-state index is 0.124. The number of nitro groups is 1. The van der Waals surface area contributed by atoms with E-state index in [4.69, 9.17) is 4.74 Å². The van der Waals surface area contributed by atoms with Crippen molar-refractivity contribution >= 4 is 5.69 Å². The van der Waals surface area contributed by atoms with Crippen LogP contribution in [0, 0.1) is 21.3 Å². The molecule has 2 aliphatic carbocycles. The van der Waals surface area contributed by atoms with E-state index in [0.717, 1.165) is 37.8 Å². The first kappa shape index (κ1) is 13.3. The molecule has 5 nitrogen and oxygen atoms in total. The standard InChI is InChI=1S/C14H16FNO4/c15-10-7-9(3-4-11(10)16(18)19)20-13-8-12(17)14(13)5-1-2-6-14/h3-4,7,12-13,17H,1-2,5-6,8H2. The number of nitrogens with zero attached hydrogens (tertiary/aromatic N) is 1. The van der Waals surface area contributed by atoms with Crippen molar-refractivity contribution in [2.24, 2.45) is 5.41 Å². The second-order valence-electron chi connectivity index (χ2n) is 5.67. The molecule has 0 saturated heterocycles. The summed E-state index contributed by atoms with van der Waals surface area (Å²) in [5.74, 6) is -0.607. The molecule has 2 saturated carbocycles. The fourth-order valence-electron chi connectivity index (χ4n) is 3.45. The van der Waals surface area contributed by atoms with Crippen molar-refractivity contribution in [3.8, 4) is 5.75 Å². The van der Waals surface area contributed by atoms with Crippen LogP contribution in [0.2, 0.25) is 0 Å². The normalized spacial score (nSPS) is 27.3. The molecule has 0 aliphatic heterocycles. The summed E-state index contributed by atoms with van der Waals surface area (Å²) >= 11 is 0. The molecule has 2 unspecified atom stereocenters. The van der Waals surface area contributed by atoms with Gasteiger partial charge in [0.1, 0.15) is 11.9 Å². The van der Waals surface area contributed by atoms with Crippen LogP contribution in [0.25, 0.3) is 0 Å². The number of rotatable bonds is 3. The Hall–Kier alpha value is -1.69. The summed E-state index contributed by atoms with van der Waals surface area (Å²) in [7, 11) is 0. The van der Waals surface area contributed by atoms with E-state index in [1.165, 1.54) is 6.07 Å². The smallest absolute Gasteiger partial charge is 0.305 e. The van der Waals surface area contributed by atoms with Crippen molar-refractivity contribution in [3.05, 3.63) is 34.1 Å². The summed E-state index contributed by atoms with van der Waals surface area (Å²) in [6.45, 7) is 0. The first-order valence-electron chi connectivity index (χ1n) is 6.81. The minimum atomic E-state index is -0.896. The van der Waals surface area contributed by atoms with E-state index in [9.17, 15) is 19.6 Å². The lowest BCUT2D eigenvalue weighted by Gasteiger charge is -2.51. The third-order valence-corrected chi connectivity index (χ3v) is 4.67. The highest BCUT2D eigenvalue weighted by molar-refractivity contribution is 5.38. The summed E-state index contributed by atoms with van der Waals surface area (Å²) in [6, 6.07) is 3.57. The molecule has 108 valence electrons. The highest BCUT2D eigenvalue weighted by Gasteiger charge is 2.57. The molecule has 2 aliphatic rings.